The van der Waals surface area contributed by atoms with Crippen molar-refractivity contribution in [2.24, 2.45) is 0 Å². The summed E-state index contributed by atoms with van der Waals surface area (Å²) in [6.07, 6.45) is 2.05. The van der Waals surface area contributed by atoms with Gasteiger partial charge >= 0.3 is 0 Å². The van der Waals surface area contributed by atoms with Crippen LogP contribution in [-0.2, 0) is 4.79 Å². The molecule has 1 rings (SSSR count). The minimum absolute atomic E-state index is 0.0500. The predicted molar refractivity (Wildman–Crippen MR) is 85.5 cm³/mol. The largest absolute Gasteiger partial charge is 0.355 e. The molecule has 0 aliphatic carbocycles. The van der Waals surface area contributed by atoms with Crippen LogP contribution in [0.4, 0.5) is 5.69 Å². The van der Waals surface area contributed by atoms with Gasteiger partial charge in [-0.15, -0.1) is 0 Å². The lowest BCUT2D eigenvalue weighted by molar-refractivity contribution is -0.117. The average Bonchev–Trinajstić information content (AvgIpc) is 2.47. The van der Waals surface area contributed by atoms with Crippen LogP contribution < -0.4 is 10.6 Å². The first kappa shape index (κ1) is 17.2. The van der Waals surface area contributed by atoms with E-state index < -0.39 is 0 Å². The molecular formula is C16H25N3O2. The van der Waals surface area contributed by atoms with E-state index in [0.717, 1.165) is 25.9 Å². The van der Waals surface area contributed by atoms with Crippen molar-refractivity contribution in [2.45, 2.75) is 26.7 Å². The van der Waals surface area contributed by atoms with E-state index in [4.69, 9.17) is 0 Å². The highest BCUT2D eigenvalue weighted by atomic mass is 16.2. The molecule has 0 atom stereocenters. The summed E-state index contributed by atoms with van der Waals surface area (Å²) in [5, 5.41) is 5.42. The summed E-state index contributed by atoms with van der Waals surface area (Å²) in [4.78, 5) is 25.8. The second-order valence-corrected chi connectivity index (χ2v) is 4.98. The van der Waals surface area contributed by atoms with Gasteiger partial charge in [0.25, 0.3) is 5.91 Å². The van der Waals surface area contributed by atoms with Gasteiger partial charge in [-0.2, -0.15) is 0 Å². The summed E-state index contributed by atoms with van der Waals surface area (Å²) >= 11 is 0. The van der Waals surface area contributed by atoms with E-state index in [0.29, 0.717) is 17.8 Å². The van der Waals surface area contributed by atoms with E-state index >= 15 is 0 Å². The van der Waals surface area contributed by atoms with Gasteiger partial charge in [0.15, 0.2) is 0 Å². The molecule has 0 unspecified atom stereocenters. The molecule has 0 saturated heterocycles. The minimum atomic E-state index is -0.162. The number of carbonyl (C=O) groups excluding carboxylic acids is 2. The quantitative estimate of drug-likeness (QED) is 0.771. The Morgan fingerprint density at radius 2 is 1.81 bits per heavy atom. The number of hydrogen-bond acceptors (Lipinski definition) is 3. The maximum absolute atomic E-state index is 12.1. The first-order valence-electron chi connectivity index (χ1n) is 7.45. The van der Waals surface area contributed by atoms with E-state index in [2.05, 4.69) is 29.4 Å². The Bertz CT molecular complexity index is 468. The fourth-order valence-corrected chi connectivity index (χ4v) is 2.19. The fraction of sp³-hybridized carbons (Fsp3) is 0.500. The fourth-order valence-electron chi connectivity index (χ4n) is 2.19. The molecule has 0 aliphatic heterocycles. The van der Waals surface area contributed by atoms with Crippen molar-refractivity contribution in [3.8, 4) is 0 Å². The summed E-state index contributed by atoms with van der Waals surface area (Å²) in [6, 6.07) is 6.94. The summed E-state index contributed by atoms with van der Waals surface area (Å²) in [5.41, 5.74) is 1.18. The van der Waals surface area contributed by atoms with E-state index in [1.54, 1.807) is 31.3 Å². The highest BCUT2D eigenvalue weighted by Gasteiger charge is 2.10. The molecule has 0 aromatic heterocycles. The molecule has 0 radical (unpaired) electrons. The molecule has 5 nitrogen and oxygen atoms in total. The minimum Gasteiger partial charge on any atom is -0.355 e. The van der Waals surface area contributed by atoms with E-state index in [-0.39, 0.29) is 11.8 Å². The van der Waals surface area contributed by atoms with Gasteiger partial charge in [0.2, 0.25) is 5.91 Å². The predicted octanol–water partition coefficient (Wildman–Crippen LogP) is 2.11. The van der Waals surface area contributed by atoms with Crippen LogP contribution in [0.5, 0.6) is 0 Å². The highest BCUT2D eigenvalue weighted by molar-refractivity contribution is 5.97. The van der Waals surface area contributed by atoms with Gasteiger partial charge < -0.3 is 10.6 Å². The molecule has 5 heteroatoms. The van der Waals surface area contributed by atoms with Gasteiger partial charge in [0.05, 0.1) is 6.54 Å². The molecule has 2 amide bonds. The first-order chi connectivity index (χ1) is 10.1. The maximum Gasteiger partial charge on any atom is 0.251 e. The third-order valence-electron chi connectivity index (χ3n) is 3.08. The van der Waals surface area contributed by atoms with Crippen LogP contribution in [0.15, 0.2) is 24.3 Å². The number of nitrogens with one attached hydrogen (secondary N) is 2. The third-order valence-corrected chi connectivity index (χ3v) is 3.08. The van der Waals surface area contributed by atoms with Gasteiger partial charge in [0.1, 0.15) is 0 Å². The van der Waals surface area contributed by atoms with Crippen molar-refractivity contribution in [1.29, 1.82) is 0 Å². The molecule has 0 heterocycles. The van der Waals surface area contributed by atoms with Crippen LogP contribution in [0, 0.1) is 0 Å². The highest BCUT2D eigenvalue weighted by Crippen LogP contribution is 2.10. The van der Waals surface area contributed by atoms with Crippen molar-refractivity contribution in [3.63, 3.8) is 0 Å². The molecular weight excluding hydrogens is 266 g/mol. The number of rotatable bonds is 8. The van der Waals surface area contributed by atoms with Gasteiger partial charge in [-0.05, 0) is 44.1 Å². The molecule has 1 aromatic carbocycles. The van der Waals surface area contributed by atoms with E-state index in [1.165, 1.54) is 0 Å². The number of anilines is 1. The molecule has 116 valence electrons. The van der Waals surface area contributed by atoms with Crippen LogP contribution in [0.1, 0.15) is 37.0 Å². The second kappa shape index (κ2) is 9.13. The zero-order valence-electron chi connectivity index (χ0n) is 13.1. The standard InChI is InChI=1S/C16H25N3O2/c1-4-9-19(10-5-2)12-15(20)18-14-8-6-7-13(11-14)16(21)17-3/h6-8,11H,4-5,9-10,12H2,1-3H3,(H,17,21)(H,18,20). The first-order valence-corrected chi connectivity index (χ1v) is 7.45. The Hall–Kier alpha value is -1.88. The third kappa shape index (κ3) is 5.95. The Labute approximate surface area is 126 Å². The molecule has 2 N–H and O–H groups in total. The average molecular weight is 291 g/mol. The van der Waals surface area contributed by atoms with Crippen LogP contribution in [0.25, 0.3) is 0 Å². The van der Waals surface area contributed by atoms with Gasteiger partial charge in [-0.1, -0.05) is 19.9 Å². The van der Waals surface area contributed by atoms with Crippen LogP contribution in [0.2, 0.25) is 0 Å². The monoisotopic (exact) mass is 291 g/mol. The molecule has 0 saturated carbocycles. The Morgan fingerprint density at radius 3 is 2.38 bits per heavy atom. The number of hydrogen-bond donors (Lipinski definition) is 2. The summed E-state index contributed by atoms with van der Waals surface area (Å²) in [5.74, 6) is -0.212. The topological polar surface area (TPSA) is 61.4 Å². The molecule has 0 spiro atoms. The van der Waals surface area contributed by atoms with Crippen LogP contribution in [-0.4, -0.2) is 43.4 Å². The molecule has 0 fully saturated rings. The number of benzene rings is 1. The lowest BCUT2D eigenvalue weighted by atomic mass is 10.2. The molecule has 21 heavy (non-hydrogen) atoms. The Morgan fingerprint density at radius 1 is 1.14 bits per heavy atom. The van der Waals surface area contributed by atoms with Gasteiger partial charge in [-0.3, -0.25) is 14.5 Å². The number of carbonyl (C=O) groups is 2. The van der Waals surface area contributed by atoms with Crippen molar-refractivity contribution in [2.75, 3.05) is 32.0 Å². The molecule has 0 aliphatic rings. The summed E-state index contributed by atoms with van der Waals surface area (Å²) in [6.45, 7) is 6.42. The summed E-state index contributed by atoms with van der Waals surface area (Å²) in [7, 11) is 1.58. The zero-order chi connectivity index (χ0) is 15.7. The SMILES string of the molecule is CCCN(CCC)CC(=O)Nc1cccc(C(=O)NC)c1. The second-order valence-electron chi connectivity index (χ2n) is 4.98. The van der Waals surface area contributed by atoms with Gasteiger partial charge in [0, 0.05) is 18.3 Å². The maximum atomic E-state index is 12.1. The van der Waals surface area contributed by atoms with Crippen molar-refractivity contribution in [3.05, 3.63) is 29.8 Å². The number of amides is 2. The van der Waals surface area contributed by atoms with E-state index in [9.17, 15) is 9.59 Å². The smallest absolute Gasteiger partial charge is 0.251 e. The van der Waals surface area contributed by atoms with Gasteiger partial charge in [-0.25, -0.2) is 0 Å². The Kier molecular flexibility index (Phi) is 7.46. The van der Waals surface area contributed by atoms with Crippen molar-refractivity contribution in [1.82, 2.24) is 10.2 Å². The normalized spacial score (nSPS) is 10.5. The van der Waals surface area contributed by atoms with Crippen molar-refractivity contribution >= 4 is 17.5 Å². The van der Waals surface area contributed by atoms with E-state index in [1.807, 2.05) is 0 Å². The lowest BCUT2D eigenvalue weighted by Crippen LogP contribution is -2.34. The van der Waals surface area contributed by atoms with Crippen LogP contribution in [0.3, 0.4) is 0 Å². The Balaban J connectivity index is 2.63. The van der Waals surface area contributed by atoms with Crippen LogP contribution >= 0.6 is 0 Å². The zero-order valence-corrected chi connectivity index (χ0v) is 13.1. The number of nitrogens with zero attached hydrogens (tertiary/aromatic N) is 1. The summed E-state index contributed by atoms with van der Waals surface area (Å²) < 4.78 is 0. The van der Waals surface area contributed by atoms with Crippen molar-refractivity contribution < 1.29 is 9.59 Å². The lowest BCUT2D eigenvalue weighted by Gasteiger charge is -2.20. The molecule has 1 aromatic rings. The molecule has 0 bridgehead atoms.